The summed E-state index contributed by atoms with van der Waals surface area (Å²) >= 11 is 0. The highest BCUT2D eigenvalue weighted by atomic mass is 16.5. The highest BCUT2D eigenvalue weighted by Gasteiger charge is 2.05. The van der Waals surface area contributed by atoms with Gasteiger partial charge in [0.05, 0.1) is 5.69 Å². The Hall–Kier alpha value is -2.50. The Morgan fingerprint density at radius 1 is 1.35 bits per heavy atom. The van der Waals surface area contributed by atoms with Gasteiger partial charge in [0.1, 0.15) is 5.75 Å². The van der Waals surface area contributed by atoms with Gasteiger partial charge in [0.25, 0.3) is 5.91 Å². The smallest absolute Gasteiger partial charge is 0.255 e. The monoisotopic (exact) mass is 274 g/mol. The Morgan fingerprint density at radius 2 is 2.05 bits per heavy atom. The van der Waals surface area contributed by atoms with Gasteiger partial charge in [-0.15, -0.1) is 0 Å². The molecule has 2 rings (SSSR count). The lowest BCUT2D eigenvalue weighted by molar-refractivity contribution is -0.119. The number of aromatic amines is 1. The lowest BCUT2D eigenvalue weighted by atomic mass is 10.2. The van der Waals surface area contributed by atoms with Crippen LogP contribution in [0.2, 0.25) is 0 Å². The van der Waals surface area contributed by atoms with Crippen LogP contribution in [-0.4, -0.2) is 22.7 Å². The third-order valence-electron chi connectivity index (χ3n) is 2.99. The molecule has 0 saturated carbocycles. The van der Waals surface area contributed by atoms with E-state index < -0.39 is 5.91 Å². The summed E-state index contributed by atoms with van der Waals surface area (Å²) in [6.45, 7) is 4.56. The van der Waals surface area contributed by atoms with Gasteiger partial charge in [-0.05, 0) is 38.1 Å². The lowest BCUT2D eigenvalue weighted by Crippen LogP contribution is -2.19. The minimum absolute atomic E-state index is 0.111. The molecular weight excluding hydrogens is 256 g/mol. The molecule has 0 spiro atoms. The van der Waals surface area contributed by atoms with Gasteiger partial charge in [-0.2, -0.15) is 5.10 Å². The molecular formula is C14H18N4O2. The zero-order chi connectivity index (χ0) is 14.5. The maximum Gasteiger partial charge on any atom is 0.255 e. The van der Waals surface area contributed by atoms with Crippen molar-refractivity contribution in [3.8, 4) is 5.75 Å². The number of primary amides is 1. The molecule has 0 bridgehead atoms. The molecule has 4 N–H and O–H groups in total. The number of ether oxygens (including phenoxy) is 1. The average Bonchev–Trinajstić information content (AvgIpc) is 2.75. The number of hydrogen-bond acceptors (Lipinski definition) is 4. The summed E-state index contributed by atoms with van der Waals surface area (Å²) in [7, 11) is 0. The van der Waals surface area contributed by atoms with Gasteiger partial charge in [0, 0.05) is 23.5 Å². The Bertz CT molecular complexity index is 570. The van der Waals surface area contributed by atoms with Crippen LogP contribution in [-0.2, 0) is 11.3 Å². The molecule has 6 heteroatoms. The zero-order valence-electron chi connectivity index (χ0n) is 11.6. The van der Waals surface area contributed by atoms with Crippen molar-refractivity contribution in [1.82, 2.24) is 10.2 Å². The standard InChI is InChI=1S/C14H18N4O2/c1-9-13(10(2)18-17-9)7-16-11-3-5-12(6-4-11)20-8-14(15)19/h3-6,16H,7-8H2,1-2H3,(H2,15,19)(H,17,18). The first-order valence-electron chi connectivity index (χ1n) is 6.31. The molecule has 0 radical (unpaired) electrons. The van der Waals surface area contributed by atoms with Crippen LogP contribution in [0.4, 0.5) is 5.69 Å². The maximum atomic E-state index is 10.6. The van der Waals surface area contributed by atoms with Crippen LogP contribution >= 0.6 is 0 Å². The number of anilines is 1. The molecule has 0 fully saturated rings. The minimum Gasteiger partial charge on any atom is -0.484 e. The second-order valence-corrected chi connectivity index (χ2v) is 4.55. The van der Waals surface area contributed by atoms with Gasteiger partial charge in [0.15, 0.2) is 6.61 Å². The first-order chi connectivity index (χ1) is 9.56. The molecule has 0 aliphatic heterocycles. The molecule has 1 aromatic carbocycles. The quantitative estimate of drug-likeness (QED) is 0.744. The second kappa shape index (κ2) is 6.10. The molecule has 106 valence electrons. The molecule has 2 aromatic rings. The van der Waals surface area contributed by atoms with E-state index >= 15 is 0 Å². The minimum atomic E-state index is -0.488. The largest absolute Gasteiger partial charge is 0.484 e. The van der Waals surface area contributed by atoms with Crippen LogP contribution in [0.25, 0.3) is 0 Å². The molecule has 0 aliphatic rings. The fourth-order valence-corrected chi connectivity index (χ4v) is 1.85. The summed E-state index contributed by atoms with van der Waals surface area (Å²) in [4.78, 5) is 10.6. The average molecular weight is 274 g/mol. The van der Waals surface area contributed by atoms with Crippen LogP contribution in [0.5, 0.6) is 5.75 Å². The molecule has 1 heterocycles. The topological polar surface area (TPSA) is 93.0 Å². The van der Waals surface area contributed by atoms with Gasteiger partial charge in [0.2, 0.25) is 0 Å². The zero-order valence-corrected chi connectivity index (χ0v) is 11.6. The Kier molecular flexibility index (Phi) is 4.24. The number of benzene rings is 1. The van der Waals surface area contributed by atoms with Crippen LogP contribution in [0, 0.1) is 13.8 Å². The Balaban J connectivity index is 1.92. The third-order valence-corrected chi connectivity index (χ3v) is 2.99. The van der Waals surface area contributed by atoms with Crippen molar-refractivity contribution in [2.45, 2.75) is 20.4 Å². The predicted octanol–water partition coefficient (Wildman–Crippen LogP) is 1.50. The van der Waals surface area contributed by atoms with Gasteiger partial charge in [-0.3, -0.25) is 9.89 Å². The van der Waals surface area contributed by atoms with Crippen molar-refractivity contribution < 1.29 is 9.53 Å². The summed E-state index contributed by atoms with van der Waals surface area (Å²) in [5.41, 5.74) is 9.21. The first-order valence-corrected chi connectivity index (χ1v) is 6.31. The van der Waals surface area contributed by atoms with E-state index in [9.17, 15) is 4.79 Å². The second-order valence-electron chi connectivity index (χ2n) is 4.55. The van der Waals surface area contributed by atoms with E-state index in [-0.39, 0.29) is 6.61 Å². The number of carbonyl (C=O) groups excluding carboxylic acids is 1. The number of amides is 1. The van der Waals surface area contributed by atoms with Crippen LogP contribution in [0.15, 0.2) is 24.3 Å². The van der Waals surface area contributed by atoms with E-state index in [4.69, 9.17) is 10.5 Å². The summed E-state index contributed by atoms with van der Waals surface area (Å²) in [6.07, 6.45) is 0. The van der Waals surface area contributed by atoms with E-state index in [2.05, 4.69) is 15.5 Å². The summed E-state index contributed by atoms with van der Waals surface area (Å²) in [5, 5.41) is 10.4. The van der Waals surface area contributed by atoms with Gasteiger partial charge in [-0.25, -0.2) is 0 Å². The fraction of sp³-hybridized carbons (Fsp3) is 0.286. The Morgan fingerprint density at radius 3 is 2.60 bits per heavy atom. The van der Waals surface area contributed by atoms with Crippen molar-refractivity contribution in [2.24, 2.45) is 5.73 Å². The van der Waals surface area contributed by atoms with Gasteiger partial charge >= 0.3 is 0 Å². The summed E-state index contributed by atoms with van der Waals surface area (Å²) in [6, 6.07) is 7.36. The Labute approximate surface area is 117 Å². The molecule has 6 nitrogen and oxygen atoms in total. The number of carbonyl (C=O) groups is 1. The fourth-order valence-electron chi connectivity index (χ4n) is 1.85. The number of nitrogens with two attached hydrogens (primary N) is 1. The molecule has 1 amide bonds. The van der Waals surface area contributed by atoms with E-state index in [1.807, 2.05) is 26.0 Å². The highest BCUT2D eigenvalue weighted by molar-refractivity contribution is 5.75. The lowest BCUT2D eigenvalue weighted by Gasteiger charge is -2.08. The van der Waals surface area contributed by atoms with Crippen LogP contribution in [0.3, 0.4) is 0 Å². The number of nitrogens with zero attached hydrogens (tertiary/aromatic N) is 1. The van der Waals surface area contributed by atoms with E-state index in [0.717, 1.165) is 17.1 Å². The molecule has 0 saturated heterocycles. The van der Waals surface area contributed by atoms with Crippen molar-refractivity contribution in [3.05, 3.63) is 41.2 Å². The normalized spacial score (nSPS) is 10.3. The van der Waals surface area contributed by atoms with E-state index in [1.54, 1.807) is 12.1 Å². The van der Waals surface area contributed by atoms with E-state index in [0.29, 0.717) is 12.3 Å². The van der Waals surface area contributed by atoms with Crippen LogP contribution in [0.1, 0.15) is 17.0 Å². The van der Waals surface area contributed by atoms with Gasteiger partial charge in [-0.1, -0.05) is 0 Å². The van der Waals surface area contributed by atoms with Crippen molar-refractivity contribution in [2.75, 3.05) is 11.9 Å². The number of aryl methyl sites for hydroxylation is 2. The number of rotatable bonds is 6. The number of hydrogen-bond donors (Lipinski definition) is 3. The number of nitrogens with one attached hydrogen (secondary N) is 2. The number of aromatic nitrogens is 2. The first kappa shape index (κ1) is 13.9. The summed E-state index contributed by atoms with van der Waals surface area (Å²) in [5.74, 6) is 0.128. The molecule has 20 heavy (non-hydrogen) atoms. The van der Waals surface area contributed by atoms with Crippen molar-refractivity contribution >= 4 is 11.6 Å². The predicted molar refractivity (Wildman–Crippen MR) is 76.5 cm³/mol. The third kappa shape index (κ3) is 3.50. The van der Waals surface area contributed by atoms with E-state index in [1.165, 1.54) is 5.56 Å². The van der Waals surface area contributed by atoms with Gasteiger partial charge < -0.3 is 15.8 Å². The maximum absolute atomic E-state index is 10.6. The van der Waals surface area contributed by atoms with Crippen LogP contribution < -0.4 is 15.8 Å². The molecule has 0 unspecified atom stereocenters. The molecule has 0 atom stereocenters. The SMILES string of the molecule is Cc1n[nH]c(C)c1CNc1ccc(OCC(N)=O)cc1. The van der Waals surface area contributed by atoms with Crippen molar-refractivity contribution in [3.63, 3.8) is 0 Å². The van der Waals surface area contributed by atoms with Crippen molar-refractivity contribution in [1.29, 1.82) is 0 Å². The number of H-pyrrole nitrogens is 1. The summed E-state index contributed by atoms with van der Waals surface area (Å²) < 4.78 is 5.19. The highest BCUT2D eigenvalue weighted by Crippen LogP contribution is 2.17. The molecule has 0 aliphatic carbocycles. The molecule has 1 aromatic heterocycles.